The number of nitrogens with one attached hydrogen (secondary N) is 1. The standard InChI is InChI=1S/C17H30N2O/c1-5-7-18-10-14-9-16(20-13-14)12-19-8-6-15(11-19)17(2,3)4/h9,13,15,18H,5-8,10-12H2,1-4H3. The summed E-state index contributed by atoms with van der Waals surface area (Å²) in [4.78, 5) is 2.53. The van der Waals surface area contributed by atoms with Crippen molar-refractivity contribution in [2.45, 2.75) is 53.6 Å². The van der Waals surface area contributed by atoms with Gasteiger partial charge in [-0.15, -0.1) is 0 Å². The molecular formula is C17H30N2O. The van der Waals surface area contributed by atoms with Gasteiger partial charge >= 0.3 is 0 Å². The van der Waals surface area contributed by atoms with Crippen molar-refractivity contribution < 1.29 is 4.42 Å². The number of likely N-dealkylation sites (tertiary alicyclic amines) is 1. The van der Waals surface area contributed by atoms with Crippen molar-refractivity contribution in [3.8, 4) is 0 Å². The maximum atomic E-state index is 5.70. The fourth-order valence-electron chi connectivity index (χ4n) is 2.91. The van der Waals surface area contributed by atoms with Gasteiger partial charge < -0.3 is 9.73 Å². The van der Waals surface area contributed by atoms with E-state index in [-0.39, 0.29) is 0 Å². The Morgan fingerprint density at radius 2 is 2.20 bits per heavy atom. The zero-order valence-electron chi connectivity index (χ0n) is 13.5. The molecule has 1 aromatic rings. The van der Waals surface area contributed by atoms with Gasteiger partial charge in [-0.05, 0) is 43.3 Å². The SMILES string of the molecule is CCCNCc1coc(CN2CCC(C(C)(C)C)C2)c1. The first-order valence-electron chi connectivity index (χ1n) is 7.98. The minimum atomic E-state index is 0.424. The molecule has 3 heteroatoms. The third-order valence-electron chi connectivity index (χ3n) is 4.34. The van der Waals surface area contributed by atoms with Crippen molar-refractivity contribution in [3.05, 3.63) is 23.7 Å². The molecule has 2 heterocycles. The van der Waals surface area contributed by atoms with E-state index in [9.17, 15) is 0 Å². The van der Waals surface area contributed by atoms with Crippen molar-refractivity contribution in [3.63, 3.8) is 0 Å². The van der Waals surface area contributed by atoms with E-state index in [4.69, 9.17) is 4.42 Å². The van der Waals surface area contributed by atoms with Crippen LogP contribution in [0.2, 0.25) is 0 Å². The lowest BCUT2D eigenvalue weighted by molar-refractivity contribution is 0.219. The first kappa shape index (κ1) is 15.6. The summed E-state index contributed by atoms with van der Waals surface area (Å²) in [6, 6.07) is 2.20. The van der Waals surface area contributed by atoms with Crippen LogP contribution in [0.15, 0.2) is 16.7 Å². The van der Waals surface area contributed by atoms with Gasteiger partial charge in [0.25, 0.3) is 0 Å². The van der Waals surface area contributed by atoms with E-state index in [0.29, 0.717) is 5.41 Å². The van der Waals surface area contributed by atoms with Gasteiger partial charge in [0.15, 0.2) is 0 Å². The predicted octanol–water partition coefficient (Wildman–Crippen LogP) is 3.65. The van der Waals surface area contributed by atoms with E-state index >= 15 is 0 Å². The van der Waals surface area contributed by atoms with Crippen LogP contribution in [0.3, 0.4) is 0 Å². The Bertz CT molecular complexity index is 405. The quantitative estimate of drug-likeness (QED) is 0.805. The largest absolute Gasteiger partial charge is 0.468 e. The Morgan fingerprint density at radius 1 is 1.40 bits per heavy atom. The van der Waals surface area contributed by atoms with Crippen molar-refractivity contribution >= 4 is 0 Å². The van der Waals surface area contributed by atoms with Crippen molar-refractivity contribution in [2.75, 3.05) is 19.6 Å². The minimum absolute atomic E-state index is 0.424. The third-order valence-corrected chi connectivity index (χ3v) is 4.34. The monoisotopic (exact) mass is 278 g/mol. The topological polar surface area (TPSA) is 28.4 Å². The van der Waals surface area contributed by atoms with E-state index in [1.54, 1.807) is 0 Å². The lowest BCUT2D eigenvalue weighted by Gasteiger charge is -2.26. The minimum Gasteiger partial charge on any atom is -0.468 e. The van der Waals surface area contributed by atoms with Gasteiger partial charge in [-0.3, -0.25) is 4.90 Å². The lowest BCUT2D eigenvalue weighted by Crippen LogP contribution is -2.25. The molecule has 1 fully saturated rings. The van der Waals surface area contributed by atoms with Gasteiger partial charge in [-0.1, -0.05) is 27.7 Å². The molecule has 1 saturated heterocycles. The molecule has 2 rings (SSSR count). The lowest BCUT2D eigenvalue weighted by atomic mass is 9.80. The predicted molar refractivity (Wildman–Crippen MR) is 83.5 cm³/mol. The Hall–Kier alpha value is -0.800. The Labute approximate surface area is 123 Å². The highest BCUT2D eigenvalue weighted by Crippen LogP contribution is 2.34. The maximum Gasteiger partial charge on any atom is 0.118 e. The summed E-state index contributed by atoms with van der Waals surface area (Å²) in [5, 5.41) is 3.41. The molecule has 114 valence electrons. The van der Waals surface area contributed by atoms with Crippen LogP contribution in [0.4, 0.5) is 0 Å². The van der Waals surface area contributed by atoms with Crippen LogP contribution < -0.4 is 5.32 Å². The number of nitrogens with zero attached hydrogens (tertiary/aromatic N) is 1. The highest BCUT2D eigenvalue weighted by molar-refractivity contribution is 5.12. The molecule has 0 bridgehead atoms. The van der Waals surface area contributed by atoms with Gasteiger partial charge in [-0.2, -0.15) is 0 Å². The van der Waals surface area contributed by atoms with Crippen LogP contribution in [-0.4, -0.2) is 24.5 Å². The van der Waals surface area contributed by atoms with Gasteiger partial charge in [0, 0.05) is 18.7 Å². The second-order valence-electron chi connectivity index (χ2n) is 7.18. The van der Waals surface area contributed by atoms with Crippen LogP contribution >= 0.6 is 0 Å². The summed E-state index contributed by atoms with van der Waals surface area (Å²) in [7, 11) is 0. The first-order valence-corrected chi connectivity index (χ1v) is 7.98. The van der Waals surface area contributed by atoms with Gasteiger partial charge in [0.2, 0.25) is 0 Å². The van der Waals surface area contributed by atoms with Crippen LogP contribution in [0.25, 0.3) is 0 Å². The molecule has 0 aromatic carbocycles. The van der Waals surface area contributed by atoms with Crippen LogP contribution in [0.5, 0.6) is 0 Å². The van der Waals surface area contributed by atoms with Crippen LogP contribution in [0.1, 0.15) is 51.9 Å². The highest BCUT2D eigenvalue weighted by Gasteiger charge is 2.31. The molecule has 1 aliphatic heterocycles. The molecule has 0 amide bonds. The Balaban J connectivity index is 1.80. The zero-order valence-corrected chi connectivity index (χ0v) is 13.5. The summed E-state index contributed by atoms with van der Waals surface area (Å²) < 4.78 is 5.70. The Kier molecular flexibility index (Phi) is 5.28. The van der Waals surface area contributed by atoms with Crippen LogP contribution in [0, 0.1) is 11.3 Å². The van der Waals surface area contributed by atoms with Crippen LogP contribution in [-0.2, 0) is 13.1 Å². The average Bonchev–Trinajstić information content (AvgIpc) is 2.99. The van der Waals surface area contributed by atoms with Gasteiger partial charge in [0.05, 0.1) is 12.8 Å². The summed E-state index contributed by atoms with van der Waals surface area (Å²) in [5.41, 5.74) is 1.69. The van der Waals surface area contributed by atoms with Gasteiger partial charge in [-0.25, -0.2) is 0 Å². The highest BCUT2D eigenvalue weighted by atomic mass is 16.3. The smallest absolute Gasteiger partial charge is 0.118 e. The number of rotatable bonds is 6. The first-order chi connectivity index (χ1) is 9.49. The molecule has 1 aliphatic rings. The molecule has 0 aliphatic carbocycles. The Morgan fingerprint density at radius 3 is 2.85 bits per heavy atom. The summed E-state index contributed by atoms with van der Waals surface area (Å²) in [5.74, 6) is 1.91. The maximum absolute atomic E-state index is 5.70. The molecule has 0 spiro atoms. The molecule has 1 N–H and O–H groups in total. The fourth-order valence-corrected chi connectivity index (χ4v) is 2.91. The molecule has 1 unspecified atom stereocenters. The van der Waals surface area contributed by atoms with E-state index in [2.05, 4.69) is 44.0 Å². The average molecular weight is 278 g/mol. The fraction of sp³-hybridized carbons (Fsp3) is 0.765. The molecule has 0 radical (unpaired) electrons. The molecule has 1 aromatic heterocycles. The number of hydrogen-bond donors (Lipinski definition) is 1. The molecule has 20 heavy (non-hydrogen) atoms. The summed E-state index contributed by atoms with van der Waals surface area (Å²) >= 11 is 0. The number of hydrogen-bond acceptors (Lipinski definition) is 3. The summed E-state index contributed by atoms with van der Waals surface area (Å²) in [6.45, 7) is 14.6. The van der Waals surface area contributed by atoms with E-state index in [1.165, 1.54) is 31.5 Å². The summed E-state index contributed by atoms with van der Waals surface area (Å²) in [6.07, 6.45) is 4.39. The number of furan rings is 1. The van der Waals surface area contributed by atoms with E-state index < -0.39 is 0 Å². The normalized spacial score (nSPS) is 20.7. The second-order valence-corrected chi connectivity index (χ2v) is 7.18. The zero-order chi connectivity index (χ0) is 14.6. The third kappa shape index (κ3) is 4.35. The molecule has 3 nitrogen and oxygen atoms in total. The van der Waals surface area contributed by atoms with E-state index in [1.807, 2.05) is 6.26 Å². The molecular weight excluding hydrogens is 248 g/mol. The van der Waals surface area contributed by atoms with Gasteiger partial charge in [0.1, 0.15) is 5.76 Å². The molecule has 0 saturated carbocycles. The van der Waals surface area contributed by atoms with Crippen molar-refractivity contribution in [2.24, 2.45) is 11.3 Å². The van der Waals surface area contributed by atoms with Crippen molar-refractivity contribution in [1.82, 2.24) is 10.2 Å². The van der Waals surface area contributed by atoms with Crippen molar-refractivity contribution in [1.29, 1.82) is 0 Å². The second kappa shape index (κ2) is 6.77. The van der Waals surface area contributed by atoms with E-state index in [0.717, 1.165) is 31.3 Å². The molecule has 1 atom stereocenters.